The molecule has 0 saturated heterocycles. The second kappa shape index (κ2) is 10.5. The first-order valence-corrected chi connectivity index (χ1v) is 8.56. The molecule has 28 heavy (non-hydrogen) atoms. The third-order valence-electron chi connectivity index (χ3n) is 3.52. The number of amides is 4. The van der Waals surface area contributed by atoms with Gasteiger partial charge in [0.25, 0.3) is 11.8 Å². The van der Waals surface area contributed by atoms with Gasteiger partial charge in [0.2, 0.25) is 0 Å². The maximum Gasteiger partial charge on any atom is 0.315 e. The molecule has 0 saturated carbocycles. The Hall–Kier alpha value is -3.62. The average Bonchev–Trinajstić information content (AvgIpc) is 2.71. The van der Waals surface area contributed by atoms with Crippen LogP contribution in [0.1, 0.15) is 22.8 Å². The number of nitrogens with one attached hydrogen (secondary N) is 4. The van der Waals surface area contributed by atoms with Crippen LogP contribution < -0.4 is 26.2 Å². The van der Waals surface area contributed by atoms with Crippen molar-refractivity contribution in [3.63, 3.8) is 0 Å². The van der Waals surface area contributed by atoms with Crippen LogP contribution in [0.3, 0.4) is 0 Å². The normalized spacial score (nSPS) is 9.93. The van der Waals surface area contributed by atoms with Crippen LogP contribution in [0.15, 0.2) is 48.5 Å². The monoisotopic (exact) mass is 388 g/mol. The van der Waals surface area contributed by atoms with Gasteiger partial charge in [0.1, 0.15) is 18.1 Å². The van der Waals surface area contributed by atoms with Crippen LogP contribution in [0.4, 0.5) is 9.18 Å². The van der Waals surface area contributed by atoms with Gasteiger partial charge >= 0.3 is 6.03 Å². The third kappa shape index (κ3) is 6.94. The zero-order valence-electron chi connectivity index (χ0n) is 15.3. The standard InChI is InChI=1S/C19H21FN4O4/c1-2-28-16-9-5-14(6-10-16)18(26)24-23-17(25)12-22-19(27)21-11-13-3-7-15(20)8-4-13/h3-10H,2,11-12H2,1H3,(H,23,25)(H,24,26)(H2,21,22,27). The number of carbonyl (C=O) groups excluding carboxylic acids is 3. The van der Waals surface area contributed by atoms with E-state index in [9.17, 15) is 18.8 Å². The first kappa shape index (κ1) is 20.7. The van der Waals surface area contributed by atoms with Gasteiger partial charge < -0.3 is 15.4 Å². The summed E-state index contributed by atoms with van der Waals surface area (Å²) < 4.78 is 18.1. The first-order valence-electron chi connectivity index (χ1n) is 8.56. The first-order chi connectivity index (χ1) is 13.5. The predicted molar refractivity (Wildman–Crippen MR) is 99.9 cm³/mol. The van der Waals surface area contributed by atoms with Crippen molar-refractivity contribution in [2.45, 2.75) is 13.5 Å². The van der Waals surface area contributed by atoms with Gasteiger partial charge in [-0.05, 0) is 48.9 Å². The molecular formula is C19H21FN4O4. The number of halogens is 1. The van der Waals surface area contributed by atoms with Crippen LogP contribution in [0.5, 0.6) is 5.75 Å². The average molecular weight is 388 g/mol. The molecule has 0 spiro atoms. The quantitative estimate of drug-likeness (QED) is 0.539. The Morgan fingerprint density at radius 2 is 1.61 bits per heavy atom. The summed E-state index contributed by atoms with van der Waals surface area (Å²) in [4.78, 5) is 35.3. The molecule has 0 atom stereocenters. The maximum absolute atomic E-state index is 12.8. The Bertz CT molecular complexity index is 810. The van der Waals surface area contributed by atoms with Gasteiger partial charge in [-0.1, -0.05) is 12.1 Å². The van der Waals surface area contributed by atoms with E-state index in [1.807, 2.05) is 6.92 Å². The van der Waals surface area contributed by atoms with E-state index in [2.05, 4.69) is 21.5 Å². The number of hydrogen-bond acceptors (Lipinski definition) is 4. The molecule has 4 amide bonds. The molecule has 0 aliphatic heterocycles. The van der Waals surface area contributed by atoms with Crippen molar-refractivity contribution in [3.8, 4) is 5.75 Å². The number of hydrogen-bond donors (Lipinski definition) is 4. The molecule has 0 heterocycles. The molecule has 0 aromatic heterocycles. The lowest BCUT2D eigenvalue weighted by Gasteiger charge is -2.10. The van der Waals surface area contributed by atoms with Crippen LogP contribution in [0.2, 0.25) is 0 Å². The molecule has 4 N–H and O–H groups in total. The van der Waals surface area contributed by atoms with Crippen molar-refractivity contribution >= 4 is 17.8 Å². The maximum atomic E-state index is 12.8. The Morgan fingerprint density at radius 1 is 0.929 bits per heavy atom. The molecule has 0 aliphatic carbocycles. The summed E-state index contributed by atoms with van der Waals surface area (Å²) >= 11 is 0. The van der Waals surface area contributed by atoms with E-state index in [4.69, 9.17) is 4.74 Å². The summed E-state index contributed by atoms with van der Waals surface area (Å²) in [6, 6.07) is 11.5. The molecule has 2 aromatic rings. The number of hydrazine groups is 1. The van der Waals surface area contributed by atoms with Gasteiger partial charge in [0.05, 0.1) is 6.61 Å². The molecule has 0 aliphatic rings. The number of urea groups is 1. The van der Waals surface area contributed by atoms with Crippen LogP contribution >= 0.6 is 0 Å². The molecule has 0 unspecified atom stereocenters. The van der Waals surface area contributed by atoms with Gasteiger partial charge in [0, 0.05) is 12.1 Å². The lowest BCUT2D eigenvalue weighted by atomic mass is 10.2. The van der Waals surface area contributed by atoms with E-state index < -0.39 is 17.8 Å². The Labute approximate surface area is 161 Å². The highest BCUT2D eigenvalue weighted by molar-refractivity contribution is 5.95. The van der Waals surface area contributed by atoms with Crippen molar-refractivity contribution in [2.75, 3.05) is 13.2 Å². The molecule has 2 aromatic carbocycles. The fraction of sp³-hybridized carbons (Fsp3) is 0.211. The molecule has 0 fully saturated rings. The van der Waals surface area contributed by atoms with Crippen LogP contribution in [0.25, 0.3) is 0 Å². The third-order valence-corrected chi connectivity index (χ3v) is 3.52. The highest BCUT2D eigenvalue weighted by Crippen LogP contribution is 2.11. The fourth-order valence-electron chi connectivity index (χ4n) is 2.12. The van der Waals surface area contributed by atoms with E-state index in [0.717, 1.165) is 0 Å². The minimum atomic E-state index is -0.601. The number of benzene rings is 2. The predicted octanol–water partition coefficient (Wildman–Crippen LogP) is 1.48. The highest BCUT2D eigenvalue weighted by Gasteiger charge is 2.09. The lowest BCUT2D eigenvalue weighted by Crippen LogP contribution is -2.47. The van der Waals surface area contributed by atoms with Gasteiger partial charge in [-0.15, -0.1) is 0 Å². The SMILES string of the molecule is CCOc1ccc(C(=O)NNC(=O)CNC(=O)NCc2ccc(F)cc2)cc1. The van der Waals surface area contributed by atoms with Crippen LogP contribution in [0, 0.1) is 5.82 Å². The highest BCUT2D eigenvalue weighted by atomic mass is 19.1. The number of ether oxygens (including phenoxy) is 1. The van der Waals surface area contributed by atoms with E-state index >= 15 is 0 Å². The summed E-state index contributed by atoms with van der Waals surface area (Å²) in [7, 11) is 0. The Balaban J connectivity index is 1.66. The van der Waals surface area contributed by atoms with Crippen molar-refractivity contribution in [1.29, 1.82) is 0 Å². The van der Waals surface area contributed by atoms with Gasteiger partial charge in [-0.2, -0.15) is 0 Å². The molecule has 0 bridgehead atoms. The van der Waals surface area contributed by atoms with Crippen molar-refractivity contribution in [1.82, 2.24) is 21.5 Å². The molecule has 8 nitrogen and oxygen atoms in total. The van der Waals surface area contributed by atoms with E-state index in [1.54, 1.807) is 36.4 Å². The molecule has 9 heteroatoms. The van der Waals surface area contributed by atoms with Crippen molar-refractivity contribution < 1.29 is 23.5 Å². The number of carbonyl (C=O) groups is 3. The van der Waals surface area contributed by atoms with Gasteiger partial charge in [0.15, 0.2) is 0 Å². The van der Waals surface area contributed by atoms with Crippen LogP contribution in [-0.2, 0) is 11.3 Å². The summed E-state index contributed by atoms with van der Waals surface area (Å²) in [5.74, 6) is -0.829. The zero-order chi connectivity index (χ0) is 20.4. The minimum absolute atomic E-state index is 0.183. The fourth-order valence-corrected chi connectivity index (χ4v) is 2.12. The van der Waals surface area contributed by atoms with E-state index in [-0.39, 0.29) is 18.9 Å². The zero-order valence-corrected chi connectivity index (χ0v) is 15.3. The lowest BCUT2D eigenvalue weighted by molar-refractivity contribution is -0.120. The summed E-state index contributed by atoms with van der Waals surface area (Å²) in [5, 5.41) is 4.87. The van der Waals surface area contributed by atoms with Crippen LogP contribution in [-0.4, -0.2) is 31.0 Å². The minimum Gasteiger partial charge on any atom is -0.494 e. The van der Waals surface area contributed by atoms with E-state index in [0.29, 0.717) is 23.5 Å². The van der Waals surface area contributed by atoms with Crippen molar-refractivity contribution in [2.24, 2.45) is 0 Å². The van der Waals surface area contributed by atoms with Gasteiger partial charge in [-0.25, -0.2) is 9.18 Å². The molecule has 148 valence electrons. The molecule has 2 rings (SSSR count). The van der Waals surface area contributed by atoms with Crippen molar-refractivity contribution in [3.05, 3.63) is 65.5 Å². The summed E-state index contributed by atoms with van der Waals surface area (Å²) in [6.45, 7) is 2.22. The Morgan fingerprint density at radius 3 is 2.25 bits per heavy atom. The molecular weight excluding hydrogens is 367 g/mol. The second-order valence-electron chi connectivity index (χ2n) is 5.62. The Kier molecular flexibility index (Phi) is 7.77. The summed E-state index contributed by atoms with van der Waals surface area (Å²) in [5.41, 5.74) is 5.51. The topological polar surface area (TPSA) is 109 Å². The number of rotatable bonds is 7. The largest absolute Gasteiger partial charge is 0.494 e. The van der Waals surface area contributed by atoms with E-state index in [1.165, 1.54) is 12.1 Å². The van der Waals surface area contributed by atoms with Gasteiger partial charge in [-0.3, -0.25) is 20.4 Å². The smallest absolute Gasteiger partial charge is 0.315 e. The second-order valence-corrected chi connectivity index (χ2v) is 5.62. The summed E-state index contributed by atoms with van der Waals surface area (Å²) in [6.07, 6.45) is 0. The molecule has 0 radical (unpaired) electrons.